The van der Waals surface area contributed by atoms with Crippen molar-refractivity contribution in [3.05, 3.63) is 96.0 Å². The predicted octanol–water partition coefficient (Wildman–Crippen LogP) is 4.39. The molecule has 2 aromatic carbocycles. The Morgan fingerprint density at radius 2 is 1.76 bits per heavy atom. The fourth-order valence-electron chi connectivity index (χ4n) is 3.69. The Balaban J connectivity index is 2.01. The zero-order chi connectivity index (χ0) is 25.2. The third kappa shape index (κ3) is 5.10. The highest BCUT2D eigenvalue weighted by Crippen LogP contribution is 2.33. The van der Waals surface area contributed by atoms with Gasteiger partial charge in [0.25, 0.3) is 5.56 Å². The van der Waals surface area contributed by atoms with E-state index in [1.807, 2.05) is 0 Å². The molecule has 0 saturated carbocycles. The Kier molecular flexibility index (Phi) is 7.67. The first-order valence-corrected chi connectivity index (χ1v) is 11.0. The normalized spacial score (nSPS) is 12.6. The standard InChI is InChI=1S/C23H22BrF4N3O3/c1-13-20(24)21(32)30(11-10-18(29)14-6-3-4-9-19(14)34-2)22(33)31(13)12-15-16(23(26,27)28)7-5-8-17(15)25/h3-9,18H,10-12,29H2,1-2H3/t18-/m0/s1. The second-order valence-electron chi connectivity index (χ2n) is 7.63. The first kappa shape index (κ1) is 25.7. The predicted molar refractivity (Wildman–Crippen MR) is 122 cm³/mol. The van der Waals surface area contributed by atoms with E-state index in [0.717, 1.165) is 27.3 Å². The van der Waals surface area contributed by atoms with Crippen molar-refractivity contribution in [2.24, 2.45) is 5.73 Å². The molecular formula is C23H22BrF4N3O3. The van der Waals surface area contributed by atoms with Crippen LogP contribution in [0.25, 0.3) is 0 Å². The molecule has 0 amide bonds. The van der Waals surface area contributed by atoms with Gasteiger partial charge in [-0.1, -0.05) is 24.3 Å². The van der Waals surface area contributed by atoms with Gasteiger partial charge >= 0.3 is 11.9 Å². The molecule has 182 valence electrons. The summed E-state index contributed by atoms with van der Waals surface area (Å²) in [6.45, 7) is 0.578. The van der Waals surface area contributed by atoms with Crippen LogP contribution in [-0.2, 0) is 19.3 Å². The number of benzene rings is 2. The Morgan fingerprint density at radius 3 is 2.41 bits per heavy atom. The van der Waals surface area contributed by atoms with Crippen molar-refractivity contribution in [1.29, 1.82) is 0 Å². The molecular weight excluding hydrogens is 522 g/mol. The van der Waals surface area contributed by atoms with Crippen LogP contribution in [0.3, 0.4) is 0 Å². The Bertz CT molecular complexity index is 1320. The van der Waals surface area contributed by atoms with E-state index < -0.39 is 47.0 Å². The second-order valence-corrected chi connectivity index (χ2v) is 8.42. The molecule has 0 unspecified atom stereocenters. The Hall–Kier alpha value is -2.92. The zero-order valence-electron chi connectivity index (χ0n) is 18.3. The van der Waals surface area contributed by atoms with E-state index in [9.17, 15) is 27.2 Å². The van der Waals surface area contributed by atoms with Gasteiger partial charge in [-0.2, -0.15) is 13.2 Å². The minimum Gasteiger partial charge on any atom is -0.496 e. The van der Waals surface area contributed by atoms with Gasteiger partial charge in [-0.3, -0.25) is 13.9 Å². The maximum atomic E-state index is 14.4. The smallest absolute Gasteiger partial charge is 0.416 e. The summed E-state index contributed by atoms with van der Waals surface area (Å²) in [6, 6.07) is 9.03. The number of alkyl halides is 3. The lowest BCUT2D eigenvalue weighted by Gasteiger charge is -2.19. The van der Waals surface area contributed by atoms with Crippen LogP contribution in [-0.4, -0.2) is 16.2 Å². The molecule has 0 aliphatic heterocycles. The van der Waals surface area contributed by atoms with Crippen molar-refractivity contribution in [2.45, 2.75) is 38.7 Å². The maximum absolute atomic E-state index is 14.4. The minimum absolute atomic E-state index is 0.0112. The summed E-state index contributed by atoms with van der Waals surface area (Å²) in [6.07, 6.45) is -4.65. The number of nitrogens with two attached hydrogens (primary N) is 1. The number of rotatable bonds is 7. The fourth-order valence-corrected chi connectivity index (χ4v) is 4.12. The van der Waals surface area contributed by atoms with Crippen molar-refractivity contribution in [1.82, 2.24) is 9.13 Å². The molecule has 3 aromatic rings. The van der Waals surface area contributed by atoms with E-state index in [1.54, 1.807) is 24.3 Å². The lowest BCUT2D eigenvalue weighted by atomic mass is 10.0. The van der Waals surface area contributed by atoms with Gasteiger partial charge in [-0.05, 0) is 47.5 Å². The highest BCUT2D eigenvalue weighted by molar-refractivity contribution is 9.10. The summed E-state index contributed by atoms with van der Waals surface area (Å²) in [5.74, 6) is -0.558. The van der Waals surface area contributed by atoms with Gasteiger partial charge in [-0.25, -0.2) is 9.18 Å². The van der Waals surface area contributed by atoms with Gasteiger partial charge in [0.05, 0.1) is 19.2 Å². The van der Waals surface area contributed by atoms with Crippen LogP contribution in [0.4, 0.5) is 17.6 Å². The van der Waals surface area contributed by atoms with Crippen LogP contribution in [0.15, 0.2) is 56.5 Å². The van der Waals surface area contributed by atoms with Crippen molar-refractivity contribution >= 4 is 15.9 Å². The highest BCUT2D eigenvalue weighted by atomic mass is 79.9. The molecule has 1 heterocycles. The molecule has 0 aliphatic carbocycles. The monoisotopic (exact) mass is 543 g/mol. The minimum atomic E-state index is -4.82. The third-order valence-electron chi connectivity index (χ3n) is 5.56. The first-order valence-electron chi connectivity index (χ1n) is 10.2. The number of aromatic nitrogens is 2. The van der Waals surface area contributed by atoms with E-state index >= 15 is 0 Å². The number of ether oxygens (including phenoxy) is 1. The molecule has 1 atom stereocenters. The average Bonchev–Trinajstić information content (AvgIpc) is 2.80. The van der Waals surface area contributed by atoms with E-state index in [2.05, 4.69) is 15.9 Å². The van der Waals surface area contributed by atoms with Crippen molar-refractivity contribution in [2.75, 3.05) is 7.11 Å². The summed E-state index contributed by atoms with van der Waals surface area (Å²) in [5.41, 5.74) is 3.59. The van der Waals surface area contributed by atoms with E-state index in [4.69, 9.17) is 10.5 Å². The number of hydrogen-bond acceptors (Lipinski definition) is 4. The number of hydrogen-bond donors (Lipinski definition) is 1. The second kappa shape index (κ2) is 10.1. The van der Waals surface area contributed by atoms with Crippen molar-refractivity contribution in [3.8, 4) is 5.75 Å². The number of halogens is 5. The van der Waals surface area contributed by atoms with Gasteiger partial charge in [0, 0.05) is 29.4 Å². The van der Waals surface area contributed by atoms with E-state index in [0.29, 0.717) is 11.3 Å². The molecule has 6 nitrogen and oxygen atoms in total. The molecule has 0 fully saturated rings. The van der Waals surface area contributed by atoms with Gasteiger partial charge < -0.3 is 10.5 Å². The Labute approximate surface area is 200 Å². The molecule has 1 aromatic heterocycles. The SMILES string of the molecule is COc1ccccc1[C@@H](N)CCn1c(=O)c(Br)c(C)n(Cc2c(F)cccc2C(F)(F)F)c1=O. The number of methoxy groups -OCH3 is 1. The molecule has 0 spiro atoms. The van der Waals surface area contributed by atoms with Crippen molar-refractivity contribution < 1.29 is 22.3 Å². The largest absolute Gasteiger partial charge is 0.496 e. The molecule has 0 radical (unpaired) electrons. The number of nitrogens with zero attached hydrogens (tertiary/aromatic N) is 2. The summed E-state index contributed by atoms with van der Waals surface area (Å²) < 4.78 is 61.8. The van der Waals surface area contributed by atoms with Crippen LogP contribution in [0, 0.1) is 12.7 Å². The van der Waals surface area contributed by atoms with Crippen molar-refractivity contribution in [3.63, 3.8) is 0 Å². The molecule has 11 heteroatoms. The van der Waals surface area contributed by atoms with Crippen LogP contribution in [0.1, 0.15) is 34.8 Å². The third-order valence-corrected chi connectivity index (χ3v) is 6.47. The molecule has 0 saturated heterocycles. The summed E-state index contributed by atoms with van der Waals surface area (Å²) in [4.78, 5) is 25.9. The van der Waals surface area contributed by atoms with Crippen LogP contribution >= 0.6 is 15.9 Å². The molecule has 0 bridgehead atoms. The summed E-state index contributed by atoms with van der Waals surface area (Å²) in [7, 11) is 1.49. The summed E-state index contributed by atoms with van der Waals surface area (Å²) in [5, 5.41) is 0. The van der Waals surface area contributed by atoms with Gasteiger partial charge in [0.15, 0.2) is 0 Å². The fraction of sp³-hybridized carbons (Fsp3) is 0.304. The molecule has 2 N–H and O–H groups in total. The van der Waals surface area contributed by atoms with E-state index in [1.165, 1.54) is 14.0 Å². The molecule has 3 rings (SSSR count). The summed E-state index contributed by atoms with van der Waals surface area (Å²) >= 11 is 3.12. The van der Waals surface area contributed by atoms with Crippen LogP contribution in [0.5, 0.6) is 5.75 Å². The Morgan fingerprint density at radius 1 is 1.09 bits per heavy atom. The lowest BCUT2D eigenvalue weighted by Crippen LogP contribution is -2.42. The average molecular weight is 544 g/mol. The lowest BCUT2D eigenvalue weighted by molar-refractivity contribution is -0.138. The van der Waals surface area contributed by atoms with Crippen LogP contribution in [0.2, 0.25) is 0 Å². The highest BCUT2D eigenvalue weighted by Gasteiger charge is 2.35. The van der Waals surface area contributed by atoms with Gasteiger partial charge in [0.1, 0.15) is 16.0 Å². The quantitative estimate of drug-likeness (QED) is 0.448. The van der Waals surface area contributed by atoms with Gasteiger partial charge in [0.2, 0.25) is 0 Å². The zero-order valence-corrected chi connectivity index (χ0v) is 19.9. The van der Waals surface area contributed by atoms with Crippen LogP contribution < -0.4 is 21.7 Å². The molecule has 0 aliphatic rings. The number of para-hydroxylation sites is 1. The van der Waals surface area contributed by atoms with E-state index in [-0.39, 0.29) is 23.1 Å². The van der Waals surface area contributed by atoms with Gasteiger partial charge in [-0.15, -0.1) is 0 Å². The first-order chi connectivity index (χ1) is 16.0. The maximum Gasteiger partial charge on any atom is 0.416 e. The molecule has 34 heavy (non-hydrogen) atoms. The topological polar surface area (TPSA) is 79.2 Å².